The number of phenolic OH excluding ortho intramolecular Hbond substituents is 1. The summed E-state index contributed by atoms with van der Waals surface area (Å²) in [4.78, 5) is 20.8. The van der Waals surface area contributed by atoms with Crippen molar-refractivity contribution in [1.29, 1.82) is 0 Å². The summed E-state index contributed by atoms with van der Waals surface area (Å²) < 4.78 is 0. The van der Waals surface area contributed by atoms with Crippen LogP contribution >= 0.6 is 0 Å². The predicted octanol–water partition coefficient (Wildman–Crippen LogP) is 0.759. The van der Waals surface area contributed by atoms with Gasteiger partial charge in [-0.1, -0.05) is 6.07 Å². The SMILES string of the molecule is CC(=O)[C@@H](N)Cc1ccc(O)c([N+](=O)[O-])c1. The van der Waals surface area contributed by atoms with Crippen molar-refractivity contribution < 1.29 is 14.8 Å². The Bertz CT molecular complexity index is 431. The van der Waals surface area contributed by atoms with Crippen LogP contribution in [0.2, 0.25) is 0 Å². The summed E-state index contributed by atoms with van der Waals surface area (Å²) in [5.74, 6) is -0.583. The van der Waals surface area contributed by atoms with E-state index in [0.29, 0.717) is 5.56 Å². The van der Waals surface area contributed by atoms with Gasteiger partial charge >= 0.3 is 5.69 Å². The highest BCUT2D eigenvalue weighted by Crippen LogP contribution is 2.26. The summed E-state index contributed by atoms with van der Waals surface area (Å²) in [6.07, 6.45) is 0.219. The van der Waals surface area contributed by atoms with Crippen molar-refractivity contribution in [3.8, 4) is 5.75 Å². The molecule has 0 aliphatic carbocycles. The lowest BCUT2D eigenvalue weighted by Crippen LogP contribution is -2.30. The molecule has 0 radical (unpaired) electrons. The van der Waals surface area contributed by atoms with Crippen molar-refractivity contribution in [2.45, 2.75) is 19.4 Å². The first-order chi connectivity index (χ1) is 7.41. The van der Waals surface area contributed by atoms with Crippen LogP contribution in [0.1, 0.15) is 12.5 Å². The van der Waals surface area contributed by atoms with Crippen LogP contribution < -0.4 is 5.73 Å². The Morgan fingerprint density at radius 2 is 2.25 bits per heavy atom. The lowest BCUT2D eigenvalue weighted by atomic mass is 10.0. The summed E-state index contributed by atoms with van der Waals surface area (Å²) in [5.41, 5.74) is 5.70. The van der Waals surface area contributed by atoms with E-state index in [0.717, 1.165) is 0 Å². The number of nitro benzene ring substituents is 1. The van der Waals surface area contributed by atoms with Gasteiger partial charge in [-0.05, 0) is 25.0 Å². The molecular formula is C10H12N2O4. The molecular weight excluding hydrogens is 212 g/mol. The average Bonchev–Trinajstić information content (AvgIpc) is 2.20. The first-order valence-corrected chi connectivity index (χ1v) is 4.64. The third-order valence-corrected chi connectivity index (χ3v) is 2.21. The normalized spacial score (nSPS) is 12.1. The minimum atomic E-state index is -0.682. The Morgan fingerprint density at radius 1 is 1.62 bits per heavy atom. The Kier molecular flexibility index (Phi) is 3.57. The Balaban J connectivity index is 2.95. The maximum absolute atomic E-state index is 10.9. The number of hydrogen-bond donors (Lipinski definition) is 2. The average molecular weight is 224 g/mol. The minimum absolute atomic E-state index is 0.185. The molecule has 1 atom stereocenters. The number of benzene rings is 1. The van der Waals surface area contributed by atoms with Gasteiger partial charge in [-0.3, -0.25) is 14.9 Å². The number of carbonyl (C=O) groups is 1. The second-order valence-electron chi connectivity index (χ2n) is 3.50. The van der Waals surface area contributed by atoms with Gasteiger partial charge in [0.1, 0.15) is 5.78 Å². The fraction of sp³-hybridized carbons (Fsp3) is 0.300. The molecule has 0 unspecified atom stereocenters. The van der Waals surface area contributed by atoms with Crippen molar-refractivity contribution in [2.75, 3.05) is 0 Å². The van der Waals surface area contributed by atoms with Crippen LogP contribution in [-0.4, -0.2) is 21.9 Å². The van der Waals surface area contributed by atoms with Gasteiger partial charge in [0.15, 0.2) is 5.75 Å². The van der Waals surface area contributed by atoms with E-state index in [9.17, 15) is 20.0 Å². The largest absolute Gasteiger partial charge is 0.502 e. The zero-order valence-electron chi connectivity index (χ0n) is 8.71. The highest BCUT2D eigenvalue weighted by molar-refractivity contribution is 5.81. The Labute approximate surface area is 91.8 Å². The van der Waals surface area contributed by atoms with Gasteiger partial charge in [0.05, 0.1) is 11.0 Å². The Morgan fingerprint density at radius 3 is 2.75 bits per heavy atom. The third kappa shape index (κ3) is 2.77. The van der Waals surface area contributed by atoms with Crippen molar-refractivity contribution in [1.82, 2.24) is 0 Å². The molecule has 0 bridgehead atoms. The standard InChI is InChI=1S/C10H12N2O4/c1-6(13)8(11)4-7-2-3-10(14)9(5-7)12(15)16/h2-3,5,8,14H,4,11H2,1H3/t8-/m0/s1. The molecule has 0 heterocycles. The molecule has 0 saturated carbocycles. The molecule has 0 spiro atoms. The van der Waals surface area contributed by atoms with Crippen LogP contribution in [0, 0.1) is 10.1 Å². The molecule has 6 heteroatoms. The third-order valence-electron chi connectivity index (χ3n) is 2.21. The molecule has 0 saturated heterocycles. The van der Waals surface area contributed by atoms with Gasteiger partial charge in [-0.2, -0.15) is 0 Å². The minimum Gasteiger partial charge on any atom is -0.502 e. The van der Waals surface area contributed by atoms with E-state index < -0.39 is 16.7 Å². The molecule has 1 aromatic rings. The number of nitrogens with zero attached hydrogens (tertiary/aromatic N) is 1. The molecule has 0 amide bonds. The summed E-state index contributed by atoms with van der Waals surface area (Å²) >= 11 is 0. The number of aromatic hydroxyl groups is 1. The van der Waals surface area contributed by atoms with Crippen LogP contribution in [-0.2, 0) is 11.2 Å². The zero-order chi connectivity index (χ0) is 12.3. The zero-order valence-corrected chi connectivity index (χ0v) is 8.71. The number of phenols is 1. The van der Waals surface area contributed by atoms with Crippen LogP contribution in [0.15, 0.2) is 18.2 Å². The van der Waals surface area contributed by atoms with Crippen LogP contribution in [0.3, 0.4) is 0 Å². The van der Waals surface area contributed by atoms with Gasteiger partial charge in [-0.15, -0.1) is 0 Å². The van der Waals surface area contributed by atoms with Crippen LogP contribution in [0.25, 0.3) is 0 Å². The number of carbonyl (C=O) groups excluding carboxylic acids is 1. The maximum atomic E-state index is 10.9. The number of nitrogens with two attached hydrogens (primary N) is 1. The molecule has 0 aliphatic heterocycles. The number of Topliss-reactive ketones (excluding diaryl/α,β-unsaturated/α-hetero) is 1. The quantitative estimate of drug-likeness (QED) is 0.580. The number of rotatable bonds is 4. The molecule has 86 valence electrons. The second-order valence-corrected chi connectivity index (χ2v) is 3.50. The molecule has 16 heavy (non-hydrogen) atoms. The van der Waals surface area contributed by atoms with E-state index >= 15 is 0 Å². The van der Waals surface area contributed by atoms with Crippen LogP contribution in [0.4, 0.5) is 5.69 Å². The molecule has 1 aromatic carbocycles. The van der Waals surface area contributed by atoms with Crippen molar-refractivity contribution in [2.24, 2.45) is 5.73 Å². The lowest BCUT2D eigenvalue weighted by molar-refractivity contribution is -0.385. The molecule has 0 aromatic heterocycles. The monoisotopic (exact) mass is 224 g/mol. The van der Waals surface area contributed by atoms with Gasteiger partial charge in [-0.25, -0.2) is 0 Å². The summed E-state index contributed by atoms with van der Waals surface area (Å²) in [6, 6.07) is 3.27. The van der Waals surface area contributed by atoms with E-state index in [2.05, 4.69) is 0 Å². The van der Waals surface area contributed by atoms with E-state index in [4.69, 9.17) is 5.73 Å². The topological polar surface area (TPSA) is 106 Å². The van der Waals surface area contributed by atoms with Crippen molar-refractivity contribution in [3.63, 3.8) is 0 Å². The van der Waals surface area contributed by atoms with E-state index in [1.807, 2.05) is 0 Å². The highest BCUT2D eigenvalue weighted by atomic mass is 16.6. The predicted molar refractivity (Wildman–Crippen MR) is 57.1 cm³/mol. The van der Waals surface area contributed by atoms with E-state index in [-0.39, 0.29) is 17.9 Å². The lowest BCUT2D eigenvalue weighted by Gasteiger charge is -2.07. The maximum Gasteiger partial charge on any atom is 0.310 e. The molecule has 0 fully saturated rings. The summed E-state index contributed by atoms with van der Waals surface area (Å²) in [7, 11) is 0. The number of ketones is 1. The fourth-order valence-electron chi connectivity index (χ4n) is 1.24. The first-order valence-electron chi connectivity index (χ1n) is 4.64. The summed E-state index contributed by atoms with van der Waals surface area (Å²) in [5, 5.41) is 19.7. The second kappa shape index (κ2) is 4.71. The van der Waals surface area contributed by atoms with E-state index in [1.54, 1.807) is 0 Å². The number of hydrogen-bond acceptors (Lipinski definition) is 5. The molecule has 3 N–H and O–H groups in total. The van der Waals surface area contributed by atoms with Crippen molar-refractivity contribution in [3.05, 3.63) is 33.9 Å². The van der Waals surface area contributed by atoms with Crippen LogP contribution in [0.5, 0.6) is 5.75 Å². The smallest absolute Gasteiger partial charge is 0.310 e. The molecule has 0 aliphatic rings. The van der Waals surface area contributed by atoms with Gasteiger partial charge in [0.2, 0.25) is 0 Å². The van der Waals surface area contributed by atoms with Gasteiger partial charge < -0.3 is 10.8 Å². The van der Waals surface area contributed by atoms with Gasteiger partial charge in [0, 0.05) is 6.07 Å². The number of nitro groups is 1. The van der Waals surface area contributed by atoms with E-state index in [1.165, 1.54) is 25.1 Å². The fourth-order valence-corrected chi connectivity index (χ4v) is 1.24. The van der Waals surface area contributed by atoms with Crippen molar-refractivity contribution >= 4 is 11.5 Å². The first kappa shape index (κ1) is 12.1. The van der Waals surface area contributed by atoms with Gasteiger partial charge in [0.25, 0.3) is 0 Å². The molecule has 6 nitrogen and oxygen atoms in total. The Hall–Kier alpha value is -1.95. The highest BCUT2D eigenvalue weighted by Gasteiger charge is 2.16. The summed E-state index contributed by atoms with van der Waals surface area (Å²) in [6.45, 7) is 1.36. The molecule has 1 rings (SSSR count).